The molecule has 0 fully saturated rings. The van der Waals surface area contributed by atoms with Gasteiger partial charge in [0.05, 0.1) is 7.11 Å². The van der Waals surface area contributed by atoms with Crippen LogP contribution in [0.1, 0.15) is 23.2 Å². The standard InChI is InChI=1S/C13H15NO3/c1-17-13(16)9-14-8-4-7-12(15)10-5-2-3-6-11(10)14/h2-3,5-6H,4,7-9H2,1H3. The number of methoxy groups -OCH3 is 1. The van der Waals surface area contributed by atoms with Crippen LogP contribution in [0.25, 0.3) is 0 Å². The first-order valence-electron chi connectivity index (χ1n) is 5.66. The Kier molecular flexibility index (Phi) is 3.42. The number of esters is 1. The molecule has 0 saturated carbocycles. The summed E-state index contributed by atoms with van der Waals surface area (Å²) in [5.74, 6) is -0.137. The molecule has 1 heterocycles. The summed E-state index contributed by atoms with van der Waals surface area (Å²) < 4.78 is 4.67. The van der Waals surface area contributed by atoms with E-state index in [9.17, 15) is 9.59 Å². The average Bonchev–Trinajstić information content (AvgIpc) is 2.51. The second-order valence-electron chi connectivity index (χ2n) is 4.04. The zero-order valence-corrected chi connectivity index (χ0v) is 9.81. The Labute approximate surface area is 100 Å². The minimum Gasteiger partial charge on any atom is -0.468 e. The summed E-state index contributed by atoms with van der Waals surface area (Å²) in [6.07, 6.45) is 1.30. The number of benzene rings is 1. The number of Topliss-reactive ketones (excluding diaryl/α,β-unsaturated/α-hetero) is 1. The van der Waals surface area contributed by atoms with Gasteiger partial charge in [-0.05, 0) is 18.6 Å². The summed E-state index contributed by atoms with van der Waals surface area (Å²) in [6, 6.07) is 7.41. The molecule has 0 bridgehead atoms. The van der Waals surface area contributed by atoms with Crippen LogP contribution in [-0.2, 0) is 9.53 Å². The molecule has 0 saturated heterocycles. The molecule has 1 aromatic rings. The molecule has 1 aromatic carbocycles. The third-order valence-electron chi connectivity index (χ3n) is 2.92. The second-order valence-corrected chi connectivity index (χ2v) is 4.04. The van der Waals surface area contributed by atoms with Gasteiger partial charge in [0.2, 0.25) is 0 Å². The third kappa shape index (κ3) is 2.46. The Morgan fingerprint density at radius 3 is 2.94 bits per heavy atom. The van der Waals surface area contributed by atoms with Crippen molar-refractivity contribution in [1.82, 2.24) is 0 Å². The first-order valence-corrected chi connectivity index (χ1v) is 5.66. The molecular formula is C13H15NO3. The zero-order chi connectivity index (χ0) is 12.3. The number of para-hydroxylation sites is 1. The van der Waals surface area contributed by atoms with Crippen molar-refractivity contribution in [3.8, 4) is 0 Å². The van der Waals surface area contributed by atoms with Crippen molar-refractivity contribution in [2.24, 2.45) is 0 Å². The highest BCUT2D eigenvalue weighted by Gasteiger charge is 2.21. The lowest BCUT2D eigenvalue weighted by Crippen LogP contribution is -2.31. The maximum absolute atomic E-state index is 11.9. The quantitative estimate of drug-likeness (QED) is 0.728. The van der Waals surface area contributed by atoms with E-state index in [0.29, 0.717) is 18.5 Å². The van der Waals surface area contributed by atoms with Crippen molar-refractivity contribution in [2.45, 2.75) is 12.8 Å². The van der Waals surface area contributed by atoms with E-state index in [4.69, 9.17) is 0 Å². The molecular weight excluding hydrogens is 218 g/mol. The molecule has 4 nitrogen and oxygen atoms in total. The van der Waals surface area contributed by atoms with Crippen molar-refractivity contribution in [1.29, 1.82) is 0 Å². The highest BCUT2D eigenvalue weighted by atomic mass is 16.5. The van der Waals surface area contributed by atoms with E-state index in [1.807, 2.05) is 29.2 Å². The van der Waals surface area contributed by atoms with Gasteiger partial charge in [-0.25, -0.2) is 0 Å². The van der Waals surface area contributed by atoms with Gasteiger partial charge in [-0.2, -0.15) is 0 Å². The fourth-order valence-electron chi connectivity index (χ4n) is 2.06. The number of hydrogen-bond acceptors (Lipinski definition) is 4. The van der Waals surface area contributed by atoms with Crippen LogP contribution in [-0.4, -0.2) is 32.0 Å². The lowest BCUT2D eigenvalue weighted by Gasteiger charge is -2.22. The molecule has 0 N–H and O–H groups in total. The minimum absolute atomic E-state index is 0.146. The fraction of sp³-hybridized carbons (Fsp3) is 0.385. The molecule has 4 heteroatoms. The SMILES string of the molecule is COC(=O)CN1CCCC(=O)c2ccccc21. The van der Waals surface area contributed by atoms with E-state index < -0.39 is 0 Å². The van der Waals surface area contributed by atoms with Crippen molar-refractivity contribution in [2.75, 3.05) is 25.1 Å². The van der Waals surface area contributed by atoms with Crippen molar-refractivity contribution >= 4 is 17.4 Å². The first kappa shape index (κ1) is 11.6. The van der Waals surface area contributed by atoms with Crippen LogP contribution in [0.3, 0.4) is 0 Å². The summed E-state index contributed by atoms with van der Waals surface area (Å²) >= 11 is 0. The van der Waals surface area contributed by atoms with Crippen LogP contribution in [0.15, 0.2) is 24.3 Å². The summed E-state index contributed by atoms with van der Waals surface area (Å²) in [7, 11) is 1.37. The van der Waals surface area contributed by atoms with Crippen LogP contribution in [0.2, 0.25) is 0 Å². The highest BCUT2D eigenvalue weighted by Crippen LogP contribution is 2.25. The van der Waals surface area contributed by atoms with Gasteiger partial charge in [0.15, 0.2) is 5.78 Å². The topological polar surface area (TPSA) is 46.6 Å². The van der Waals surface area contributed by atoms with Gasteiger partial charge in [-0.15, -0.1) is 0 Å². The van der Waals surface area contributed by atoms with E-state index in [0.717, 1.165) is 12.1 Å². The molecule has 0 spiro atoms. The average molecular weight is 233 g/mol. The fourth-order valence-corrected chi connectivity index (χ4v) is 2.06. The number of carbonyl (C=O) groups is 2. The molecule has 0 aromatic heterocycles. The van der Waals surface area contributed by atoms with Crippen LogP contribution in [0.4, 0.5) is 5.69 Å². The van der Waals surface area contributed by atoms with Crippen LogP contribution >= 0.6 is 0 Å². The highest BCUT2D eigenvalue weighted by molar-refractivity contribution is 6.02. The van der Waals surface area contributed by atoms with E-state index >= 15 is 0 Å². The number of anilines is 1. The molecule has 0 radical (unpaired) electrons. The van der Waals surface area contributed by atoms with Gasteiger partial charge < -0.3 is 9.64 Å². The molecule has 90 valence electrons. The van der Waals surface area contributed by atoms with Crippen LogP contribution in [0, 0.1) is 0 Å². The minimum atomic E-state index is -0.283. The largest absolute Gasteiger partial charge is 0.468 e. The van der Waals surface area contributed by atoms with E-state index in [1.54, 1.807) is 0 Å². The van der Waals surface area contributed by atoms with E-state index in [1.165, 1.54) is 7.11 Å². The predicted molar refractivity (Wildman–Crippen MR) is 64.2 cm³/mol. The summed E-state index contributed by atoms with van der Waals surface area (Å²) in [4.78, 5) is 25.1. The normalized spacial score (nSPS) is 15.1. The number of nitrogens with zero attached hydrogens (tertiary/aromatic N) is 1. The molecule has 17 heavy (non-hydrogen) atoms. The smallest absolute Gasteiger partial charge is 0.325 e. The molecule has 2 rings (SSSR count). The predicted octanol–water partition coefficient (Wildman–Crippen LogP) is 1.64. The Morgan fingerprint density at radius 2 is 2.18 bits per heavy atom. The van der Waals surface area contributed by atoms with Crippen LogP contribution < -0.4 is 4.90 Å². The van der Waals surface area contributed by atoms with Gasteiger partial charge in [-0.1, -0.05) is 12.1 Å². The van der Waals surface area contributed by atoms with Gasteiger partial charge in [-0.3, -0.25) is 9.59 Å². The summed E-state index contributed by atoms with van der Waals surface area (Å²) in [6.45, 7) is 0.901. The van der Waals surface area contributed by atoms with E-state index in [-0.39, 0.29) is 18.3 Å². The number of hydrogen-bond donors (Lipinski definition) is 0. The maximum Gasteiger partial charge on any atom is 0.325 e. The molecule has 0 amide bonds. The maximum atomic E-state index is 11.9. The number of rotatable bonds is 2. The number of ketones is 1. The number of carbonyl (C=O) groups excluding carboxylic acids is 2. The molecule has 1 aliphatic heterocycles. The van der Waals surface area contributed by atoms with Gasteiger partial charge in [0.1, 0.15) is 6.54 Å². The van der Waals surface area contributed by atoms with E-state index in [2.05, 4.69) is 4.74 Å². The molecule has 0 atom stereocenters. The second kappa shape index (κ2) is 4.99. The molecule has 1 aliphatic rings. The number of ether oxygens (including phenoxy) is 1. The molecule has 0 unspecified atom stereocenters. The first-order chi connectivity index (χ1) is 8.22. The Balaban J connectivity index is 2.31. The van der Waals surface area contributed by atoms with Gasteiger partial charge >= 0.3 is 5.97 Å². The molecule has 0 aliphatic carbocycles. The Hall–Kier alpha value is -1.84. The number of fused-ring (bicyclic) bond motifs is 1. The van der Waals surface area contributed by atoms with Crippen LogP contribution in [0.5, 0.6) is 0 Å². The monoisotopic (exact) mass is 233 g/mol. The third-order valence-corrected chi connectivity index (χ3v) is 2.92. The lowest BCUT2D eigenvalue weighted by atomic mass is 10.1. The zero-order valence-electron chi connectivity index (χ0n) is 9.81. The lowest BCUT2D eigenvalue weighted by molar-refractivity contribution is -0.138. The van der Waals surface area contributed by atoms with Crippen molar-refractivity contribution < 1.29 is 14.3 Å². The van der Waals surface area contributed by atoms with Gasteiger partial charge in [0, 0.05) is 24.2 Å². The van der Waals surface area contributed by atoms with Crippen molar-refractivity contribution in [3.05, 3.63) is 29.8 Å². The Bertz CT molecular complexity index is 442. The van der Waals surface area contributed by atoms with Gasteiger partial charge in [0.25, 0.3) is 0 Å². The van der Waals surface area contributed by atoms with Crippen molar-refractivity contribution in [3.63, 3.8) is 0 Å². The summed E-state index contributed by atoms with van der Waals surface area (Å²) in [5.41, 5.74) is 1.54. The summed E-state index contributed by atoms with van der Waals surface area (Å²) in [5, 5.41) is 0. The Morgan fingerprint density at radius 1 is 1.41 bits per heavy atom.